The minimum Gasteiger partial charge on any atom is -0.289 e. The minimum atomic E-state index is -0.413. The molecular weight excluding hydrogens is 408 g/mol. The summed E-state index contributed by atoms with van der Waals surface area (Å²) in [5.74, 6) is -0.289. The molecule has 0 unspecified atom stereocenters. The molecule has 7 heteroatoms. The van der Waals surface area contributed by atoms with Crippen LogP contribution in [0.3, 0.4) is 0 Å². The first-order chi connectivity index (χ1) is 15.3. The van der Waals surface area contributed by atoms with Crippen LogP contribution < -0.4 is 0 Å². The number of fused-ring (bicyclic) bond motifs is 2. The SMILES string of the molecule is Cc1c(C[N+](=O)[O-])cc2ccccc2c1C(=O)c1c(C)c(C[N+](=O)[O-])cc2ccccc12. The monoisotopic (exact) mass is 428 g/mol. The van der Waals surface area contributed by atoms with Crippen LogP contribution in [0.1, 0.15) is 38.2 Å². The molecule has 0 atom stereocenters. The van der Waals surface area contributed by atoms with E-state index in [-0.39, 0.29) is 5.78 Å². The zero-order valence-electron chi connectivity index (χ0n) is 17.6. The maximum absolute atomic E-state index is 14.1. The Morgan fingerprint density at radius 1 is 0.719 bits per heavy atom. The molecule has 32 heavy (non-hydrogen) atoms. The van der Waals surface area contributed by atoms with Gasteiger partial charge in [0.2, 0.25) is 13.1 Å². The van der Waals surface area contributed by atoms with E-state index in [1.54, 1.807) is 26.0 Å². The third kappa shape index (κ3) is 3.69. The van der Waals surface area contributed by atoms with Crippen molar-refractivity contribution in [3.05, 3.63) is 114 Å². The van der Waals surface area contributed by atoms with Gasteiger partial charge < -0.3 is 0 Å². The van der Waals surface area contributed by atoms with Crippen LogP contribution >= 0.6 is 0 Å². The van der Waals surface area contributed by atoms with Gasteiger partial charge in [-0.05, 0) is 58.7 Å². The maximum atomic E-state index is 14.1. The van der Waals surface area contributed by atoms with Crippen molar-refractivity contribution in [3.63, 3.8) is 0 Å². The Hall–Kier alpha value is -4.13. The summed E-state index contributed by atoms with van der Waals surface area (Å²) in [7, 11) is 0. The Morgan fingerprint density at radius 2 is 1.09 bits per heavy atom. The second-order valence-electron chi connectivity index (χ2n) is 7.82. The predicted octanol–water partition coefficient (Wildman–Crippen LogP) is 5.39. The lowest BCUT2D eigenvalue weighted by atomic mass is 9.85. The molecule has 0 spiro atoms. The predicted molar refractivity (Wildman–Crippen MR) is 122 cm³/mol. The average molecular weight is 428 g/mol. The molecule has 7 nitrogen and oxygen atoms in total. The molecule has 160 valence electrons. The summed E-state index contributed by atoms with van der Waals surface area (Å²) >= 11 is 0. The van der Waals surface area contributed by atoms with Gasteiger partial charge in [-0.25, -0.2) is 0 Å². The fourth-order valence-corrected chi connectivity index (χ4v) is 4.33. The number of benzene rings is 4. The first-order valence-corrected chi connectivity index (χ1v) is 10.1. The molecule has 4 aromatic carbocycles. The van der Waals surface area contributed by atoms with Gasteiger partial charge in [-0.3, -0.25) is 25.0 Å². The molecule has 0 bridgehead atoms. The third-order valence-corrected chi connectivity index (χ3v) is 5.89. The van der Waals surface area contributed by atoms with Crippen LogP contribution in [0.2, 0.25) is 0 Å². The van der Waals surface area contributed by atoms with Crippen LogP contribution in [-0.4, -0.2) is 15.6 Å². The number of carbonyl (C=O) groups is 1. The van der Waals surface area contributed by atoms with Gasteiger partial charge in [0.1, 0.15) is 0 Å². The van der Waals surface area contributed by atoms with Gasteiger partial charge in [0, 0.05) is 32.1 Å². The molecule has 4 rings (SSSR count). The topological polar surface area (TPSA) is 103 Å². The molecule has 0 aliphatic rings. The molecule has 0 fully saturated rings. The van der Waals surface area contributed by atoms with Crippen molar-refractivity contribution >= 4 is 27.3 Å². The zero-order chi connectivity index (χ0) is 23.0. The van der Waals surface area contributed by atoms with E-state index < -0.39 is 22.9 Å². The fraction of sp³-hybridized carbons (Fsp3) is 0.160. The van der Waals surface area contributed by atoms with E-state index >= 15 is 0 Å². The smallest absolute Gasteiger partial charge is 0.229 e. The van der Waals surface area contributed by atoms with E-state index in [1.807, 2.05) is 48.5 Å². The summed E-state index contributed by atoms with van der Waals surface area (Å²) in [6, 6.07) is 18.1. The largest absolute Gasteiger partial charge is 0.289 e. The average Bonchev–Trinajstić information content (AvgIpc) is 2.74. The number of rotatable bonds is 6. The summed E-state index contributed by atoms with van der Waals surface area (Å²) in [6.45, 7) is 2.66. The Kier molecular flexibility index (Phi) is 5.40. The molecule has 0 aliphatic carbocycles. The second kappa shape index (κ2) is 8.19. The normalized spacial score (nSPS) is 11.1. The maximum Gasteiger partial charge on any atom is 0.229 e. The number of hydrogen-bond acceptors (Lipinski definition) is 5. The van der Waals surface area contributed by atoms with E-state index in [1.165, 1.54) is 0 Å². The van der Waals surface area contributed by atoms with Crippen molar-refractivity contribution in [2.75, 3.05) is 0 Å². The highest BCUT2D eigenvalue weighted by molar-refractivity contribution is 6.23. The summed E-state index contributed by atoms with van der Waals surface area (Å²) in [4.78, 5) is 35.7. The van der Waals surface area contributed by atoms with Crippen molar-refractivity contribution in [3.8, 4) is 0 Å². The number of nitrogens with zero attached hydrogens (tertiary/aromatic N) is 2. The first-order valence-electron chi connectivity index (χ1n) is 10.1. The lowest BCUT2D eigenvalue weighted by Gasteiger charge is -2.17. The highest BCUT2D eigenvalue weighted by Crippen LogP contribution is 2.33. The van der Waals surface area contributed by atoms with Crippen molar-refractivity contribution in [1.82, 2.24) is 0 Å². The van der Waals surface area contributed by atoms with E-state index in [2.05, 4.69) is 0 Å². The Labute approximate surface area is 183 Å². The molecule has 0 aromatic heterocycles. The zero-order valence-corrected chi connectivity index (χ0v) is 17.6. The van der Waals surface area contributed by atoms with Crippen LogP contribution in [0.5, 0.6) is 0 Å². The van der Waals surface area contributed by atoms with E-state index in [0.29, 0.717) is 44.2 Å². The fourth-order valence-electron chi connectivity index (χ4n) is 4.33. The van der Waals surface area contributed by atoms with Gasteiger partial charge in [-0.2, -0.15) is 0 Å². The Bertz CT molecular complexity index is 1320. The van der Waals surface area contributed by atoms with Gasteiger partial charge >= 0.3 is 0 Å². The lowest BCUT2D eigenvalue weighted by Crippen LogP contribution is -2.13. The highest BCUT2D eigenvalue weighted by Gasteiger charge is 2.25. The highest BCUT2D eigenvalue weighted by atomic mass is 16.6. The minimum absolute atomic E-state index is 0.289. The molecule has 0 radical (unpaired) electrons. The van der Waals surface area contributed by atoms with Gasteiger partial charge in [0.15, 0.2) is 5.78 Å². The van der Waals surface area contributed by atoms with Crippen molar-refractivity contribution < 1.29 is 14.6 Å². The summed E-state index contributed by atoms with van der Waals surface area (Å²) in [5, 5.41) is 25.4. The molecule has 4 aromatic rings. The number of hydrogen-bond donors (Lipinski definition) is 0. The molecule has 0 heterocycles. The number of carbonyl (C=O) groups excluding carboxylic acids is 1. The van der Waals surface area contributed by atoms with Crippen LogP contribution in [0.15, 0.2) is 60.7 Å². The second-order valence-corrected chi connectivity index (χ2v) is 7.82. The quantitative estimate of drug-likeness (QED) is 0.232. The first kappa shape index (κ1) is 21.1. The standard InChI is InChI=1S/C25H20N2O5/c1-15-19(13-26(29)30)11-17-7-3-5-9-21(17)23(15)25(28)24-16(2)20(14-27(31)32)12-18-8-4-6-10-22(18)24/h3-12H,13-14H2,1-2H3. The molecule has 0 saturated heterocycles. The summed E-state index contributed by atoms with van der Waals surface area (Å²) in [5.41, 5.74) is 2.83. The van der Waals surface area contributed by atoms with E-state index in [4.69, 9.17) is 0 Å². The molecule has 0 N–H and O–H groups in total. The molecule has 0 aliphatic heterocycles. The Morgan fingerprint density at radius 3 is 1.47 bits per heavy atom. The Balaban J connectivity index is 2.05. The van der Waals surface area contributed by atoms with E-state index in [9.17, 15) is 25.0 Å². The van der Waals surface area contributed by atoms with Gasteiger partial charge in [0.25, 0.3) is 0 Å². The van der Waals surface area contributed by atoms with Crippen LogP contribution in [-0.2, 0) is 13.1 Å². The third-order valence-electron chi connectivity index (χ3n) is 5.89. The summed E-state index contributed by atoms with van der Waals surface area (Å²) < 4.78 is 0. The number of ketones is 1. The molecular formula is C25H20N2O5. The summed E-state index contributed by atoms with van der Waals surface area (Å²) in [6.07, 6.45) is 0. The van der Waals surface area contributed by atoms with Crippen molar-refractivity contribution in [2.24, 2.45) is 0 Å². The molecule has 0 amide bonds. The van der Waals surface area contributed by atoms with Crippen molar-refractivity contribution in [1.29, 1.82) is 0 Å². The van der Waals surface area contributed by atoms with Gasteiger partial charge in [-0.15, -0.1) is 0 Å². The van der Waals surface area contributed by atoms with Crippen LogP contribution in [0.4, 0.5) is 0 Å². The van der Waals surface area contributed by atoms with Crippen molar-refractivity contribution in [2.45, 2.75) is 26.9 Å². The lowest BCUT2D eigenvalue weighted by molar-refractivity contribution is -0.496. The molecule has 0 saturated carbocycles. The van der Waals surface area contributed by atoms with Crippen LogP contribution in [0, 0.1) is 34.1 Å². The number of nitro groups is 2. The van der Waals surface area contributed by atoms with Gasteiger partial charge in [0.05, 0.1) is 0 Å². The van der Waals surface area contributed by atoms with E-state index in [0.717, 1.165) is 10.8 Å². The van der Waals surface area contributed by atoms with Crippen LogP contribution in [0.25, 0.3) is 21.5 Å². The van der Waals surface area contributed by atoms with Gasteiger partial charge in [-0.1, -0.05) is 48.5 Å².